The second-order valence-corrected chi connectivity index (χ2v) is 8.32. The van der Waals surface area contributed by atoms with Crippen LogP contribution in [0.5, 0.6) is 5.75 Å². The lowest BCUT2D eigenvalue weighted by molar-refractivity contribution is 0.313. The SMILES string of the molecule is CN1CCN(c2ccc(-c3cnc4[nH]cc(-c5ccc(OCCN)cc5)c4c3)cc2)CC1. The van der Waals surface area contributed by atoms with Crippen LogP contribution >= 0.6 is 0 Å². The number of H-pyrrole nitrogens is 1. The zero-order valence-electron chi connectivity index (χ0n) is 18.4. The van der Waals surface area contributed by atoms with Gasteiger partial charge in [0.25, 0.3) is 0 Å². The molecule has 0 radical (unpaired) electrons. The van der Waals surface area contributed by atoms with Gasteiger partial charge < -0.3 is 25.3 Å². The molecule has 0 bridgehead atoms. The van der Waals surface area contributed by atoms with E-state index in [4.69, 9.17) is 10.5 Å². The van der Waals surface area contributed by atoms with Crippen LogP contribution < -0.4 is 15.4 Å². The van der Waals surface area contributed by atoms with Crippen molar-refractivity contribution in [3.8, 4) is 28.0 Å². The van der Waals surface area contributed by atoms with Gasteiger partial charge in [-0.3, -0.25) is 0 Å². The summed E-state index contributed by atoms with van der Waals surface area (Å²) >= 11 is 0. The van der Waals surface area contributed by atoms with Gasteiger partial charge in [0.2, 0.25) is 0 Å². The standard InChI is InChI=1S/C26H29N5O/c1-30-11-13-31(14-12-30)22-6-2-19(3-7-22)21-16-24-25(18-29-26(24)28-17-21)20-4-8-23(9-5-20)32-15-10-27/h2-9,16-18H,10-15,27H2,1H3,(H,28,29). The van der Waals surface area contributed by atoms with Crippen molar-refractivity contribution in [2.24, 2.45) is 5.73 Å². The highest BCUT2D eigenvalue weighted by molar-refractivity contribution is 5.95. The van der Waals surface area contributed by atoms with E-state index in [1.54, 1.807) is 0 Å². The lowest BCUT2D eigenvalue weighted by Crippen LogP contribution is -2.44. The molecule has 3 N–H and O–H groups in total. The summed E-state index contributed by atoms with van der Waals surface area (Å²) in [7, 11) is 2.18. The van der Waals surface area contributed by atoms with Gasteiger partial charge in [0.1, 0.15) is 18.0 Å². The molecule has 1 saturated heterocycles. The van der Waals surface area contributed by atoms with Crippen LogP contribution in [-0.4, -0.2) is 61.2 Å². The number of aromatic amines is 1. The van der Waals surface area contributed by atoms with Crippen molar-refractivity contribution in [3.63, 3.8) is 0 Å². The summed E-state index contributed by atoms with van der Waals surface area (Å²) in [5.74, 6) is 0.832. The van der Waals surface area contributed by atoms with E-state index in [0.29, 0.717) is 13.2 Å². The molecule has 6 nitrogen and oxygen atoms in total. The van der Waals surface area contributed by atoms with Crippen molar-refractivity contribution in [3.05, 3.63) is 67.0 Å². The molecule has 5 rings (SSSR count). The van der Waals surface area contributed by atoms with Crippen molar-refractivity contribution in [1.82, 2.24) is 14.9 Å². The second kappa shape index (κ2) is 9.02. The van der Waals surface area contributed by atoms with Gasteiger partial charge in [-0.25, -0.2) is 4.98 Å². The Kier molecular flexibility index (Phi) is 5.79. The fourth-order valence-corrected chi connectivity index (χ4v) is 4.24. The van der Waals surface area contributed by atoms with Gasteiger partial charge in [-0.05, 0) is 48.5 Å². The van der Waals surface area contributed by atoms with Gasteiger partial charge >= 0.3 is 0 Å². The maximum absolute atomic E-state index is 5.60. The summed E-state index contributed by atoms with van der Waals surface area (Å²) in [6.07, 6.45) is 3.96. The minimum absolute atomic E-state index is 0.509. The number of hydrogen-bond acceptors (Lipinski definition) is 5. The van der Waals surface area contributed by atoms with Crippen molar-refractivity contribution in [2.75, 3.05) is 51.3 Å². The van der Waals surface area contributed by atoms with E-state index >= 15 is 0 Å². The molecular formula is C26H29N5O. The van der Waals surface area contributed by atoms with Crippen LogP contribution in [0, 0.1) is 0 Å². The highest BCUT2D eigenvalue weighted by Gasteiger charge is 2.14. The number of fused-ring (bicyclic) bond motifs is 1. The van der Waals surface area contributed by atoms with Gasteiger partial charge in [0.15, 0.2) is 0 Å². The molecule has 3 heterocycles. The molecule has 2 aromatic heterocycles. The summed E-state index contributed by atoms with van der Waals surface area (Å²) in [5.41, 5.74) is 12.2. The average Bonchev–Trinajstić information content (AvgIpc) is 3.27. The maximum Gasteiger partial charge on any atom is 0.137 e. The number of nitrogens with two attached hydrogens (primary N) is 1. The van der Waals surface area contributed by atoms with Crippen LogP contribution in [-0.2, 0) is 0 Å². The zero-order valence-corrected chi connectivity index (χ0v) is 18.4. The second-order valence-electron chi connectivity index (χ2n) is 8.32. The van der Waals surface area contributed by atoms with Crippen LogP contribution in [0.25, 0.3) is 33.3 Å². The summed E-state index contributed by atoms with van der Waals surface area (Å²) in [4.78, 5) is 12.8. The minimum Gasteiger partial charge on any atom is -0.492 e. The Balaban J connectivity index is 1.40. The lowest BCUT2D eigenvalue weighted by Gasteiger charge is -2.34. The number of ether oxygens (including phenoxy) is 1. The number of nitrogens with zero attached hydrogens (tertiary/aromatic N) is 3. The largest absolute Gasteiger partial charge is 0.492 e. The molecule has 4 aromatic rings. The average molecular weight is 428 g/mol. The first-order valence-electron chi connectivity index (χ1n) is 11.2. The number of piperazine rings is 1. The number of likely N-dealkylation sites (N-methyl/N-ethyl adjacent to an activating group) is 1. The molecule has 0 spiro atoms. The quantitative estimate of drug-likeness (QED) is 0.487. The van der Waals surface area contributed by atoms with Crippen molar-refractivity contribution < 1.29 is 4.74 Å². The molecule has 6 heteroatoms. The highest BCUT2D eigenvalue weighted by Crippen LogP contribution is 2.32. The maximum atomic E-state index is 5.60. The van der Waals surface area contributed by atoms with E-state index in [9.17, 15) is 0 Å². The van der Waals surface area contributed by atoms with Gasteiger partial charge in [-0.15, -0.1) is 0 Å². The third-order valence-corrected chi connectivity index (χ3v) is 6.15. The predicted molar refractivity (Wildman–Crippen MR) is 131 cm³/mol. The van der Waals surface area contributed by atoms with Crippen LogP contribution in [0.2, 0.25) is 0 Å². The Labute approximate surface area is 188 Å². The van der Waals surface area contributed by atoms with E-state index in [1.165, 1.54) is 11.3 Å². The molecule has 0 atom stereocenters. The Morgan fingerprint density at radius 3 is 2.38 bits per heavy atom. The fourth-order valence-electron chi connectivity index (χ4n) is 4.24. The predicted octanol–water partition coefficient (Wildman–Crippen LogP) is 3.99. The van der Waals surface area contributed by atoms with Crippen molar-refractivity contribution >= 4 is 16.7 Å². The van der Waals surface area contributed by atoms with Gasteiger partial charge in [-0.2, -0.15) is 0 Å². The molecule has 0 amide bonds. The Morgan fingerprint density at radius 2 is 1.66 bits per heavy atom. The molecule has 0 unspecified atom stereocenters. The van der Waals surface area contributed by atoms with Crippen LogP contribution in [0.15, 0.2) is 67.0 Å². The molecule has 0 aliphatic carbocycles. The number of hydrogen-bond donors (Lipinski definition) is 2. The first kappa shape index (κ1) is 20.5. The topological polar surface area (TPSA) is 70.4 Å². The number of rotatable bonds is 6. The van der Waals surface area contributed by atoms with E-state index in [0.717, 1.165) is 59.7 Å². The number of benzene rings is 2. The minimum atomic E-state index is 0.509. The Morgan fingerprint density at radius 1 is 0.938 bits per heavy atom. The number of anilines is 1. The summed E-state index contributed by atoms with van der Waals surface area (Å²) < 4.78 is 5.60. The highest BCUT2D eigenvalue weighted by atomic mass is 16.5. The van der Waals surface area contributed by atoms with Crippen LogP contribution in [0.1, 0.15) is 0 Å². The van der Waals surface area contributed by atoms with Crippen LogP contribution in [0.4, 0.5) is 5.69 Å². The number of pyridine rings is 1. The first-order chi connectivity index (χ1) is 15.7. The smallest absolute Gasteiger partial charge is 0.137 e. The molecule has 32 heavy (non-hydrogen) atoms. The fraction of sp³-hybridized carbons (Fsp3) is 0.269. The summed E-state index contributed by atoms with van der Waals surface area (Å²) in [5, 5.41) is 1.11. The van der Waals surface area contributed by atoms with Gasteiger partial charge in [-0.1, -0.05) is 24.3 Å². The molecule has 1 aliphatic heterocycles. The molecule has 1 fully saturated rings. The monoisotopic (exact) mass is 427 g/mol. The zero-order chi connectivity index (χ0) is 21.9. The van der Waals surface area contributed by atoms with Gasteiger partial charge in [0.05, 0.1) is 0 Å². The Bertz CT molecular complexity index is 1180. The van der Waals surface area contributed by atoms with E-state index in [2.05, 4.69) is 69.3 Å². The van der Waals surface area contributed by atoms with Gasteiger partial charge in [0, 0.05) is 67.3 Å². The first-order valence-corrected chi connectivity index (χ1v) is 11.2. The summed E-state index contributed by atoms with van der Waals surface area (Å²) in [6.45, 7) is 5.40. The van der Waals surface area contributed by atoms with Crippen molar-refractivity contribution in [2.45, 2.75) is 0 Å². The lowest BCUT2D eigenvalue weighted by atomic mass is 10.0. The Hall–Kier alpha value is -3.35. The van der Waals surface area contributed by atoms with E-state index in [-0.39, 0.29) is 0 Å². The van der Waals surface area contributed by atoms with E-state index in [1.807, 2.05) is 24.5 Å². The molecule has 0 saturated carbocycles. The van der Waals surface area contributed by atoms with Crippen LogP contribution in [0.3, 0.4) is 0 Å². The third kappa shape index (κ3) is 4.20. The molecular weight excluding hydrogens is 398 g/mol. The normalized spacial score (nSPS) is 14.8. The number of nitrogens with one attached hydrogen (secondary N) is 1. The molecule has 164 valence electrons. The summed E-state index contributed by atoms with van der Waals surface area (Å²) in [6, 6.07) is 19.2. The van der Waals surface area contributed by atoms with E-state index < -0.39 is 0 Å². The third-order valence-electron chi connectivity index (χ3n) is 6.15. The molecule has 1 aliphatic rings. The van der Waals surface area contributed by atoms with Crippen molar-refractivity contribution in [1.29, 1.82) is 0 Å². The number of aromatic nitrogens is 2. The molecule has 2 aromatic carbocycles.